The molecule has 1 saturated heterocycles. The van der Waals surface area contributed by atoms with Crippen LogP contribution in [-0.2, 0) is 22.3 Å². The number of hydrogen-bond donors (Lipinski definition) is 2. The van der Waals surface area contributed by atoms with Crippen molar-refractivity contribution < 1.29 is 29.2 Å². The summed E-state index contributed by atoms with van der Waals surface area (Å²) in [4.78, 5) is 0. The number of methoxy groups -OCH3 is 3. The highest BCUT2D eigenvalue weighted by Crippen LogP contribution is 2.36. The average molecular weight is 374 g/mol. The second-order valence-electron chi connectivity index (χ2n) is 6.78. The van der Waals surface area contributed by atoms with Gasteiger partial charge in [-0.3, -0.25) is 0 Å². The average Bonchev–Trinajstić information content (AvgIpc) is 3.06. The van der Waals surface area contributed by atoms with E-state index in [1.807, 2.05) is 24.3 Å². The Hall–Kier alpha value is -2.44. The third kappa shape index (κ3) is 4.28. The van der Waals surface area contributed by atoms with Crippen LogP contribution in [0.5, 0.6) is 23.0 Å². The highest BCUT2D eigenvalue weighted by molar-refractivity contribution is 5.43. The van der Waals surface area contributed by atoms with E-state index in [2.05, 4.69) is 0 Å². The molecular formula is C21H26O6. The summed E-state index contributed by atoms with van der Waals surface area (Å²) in [5.41, 5.74) is 2.12. The van der Waals surface area contributed by atoms with Crippen molar-refractivity contribution in [2.75, 3.05) is 27.9 Å². The molecule has 0 amide bonds. The van der Waals surface area contributed by atoms with Gasteiger partial charge >= 0.3 is 0 Å². The van der Waals surface area contributed by atoms with E-state index in [1.54, 1.807) is 26.4 Å². The summed E-state index contributed by atoms with van der Waals surface area (Å²) in [6.07, 6.45) is 1.25. The van der Waals surface area contributed by atoms with E-state index >= 15 is 0 Å². The van der Waals surface area contributed by atoms with Crippen LogP contribution in [0.3, 0.4) is 0 Å². The third-order valence-corrected chi connectivity index (χ3v) is 5.12. The number of benzene rings is 2. The normalized spacial score (nSPS) is 22.0. The predicted molar refractivity (Wildman–Crippen MR) is 100 cm³/mol. The lowest BCUT2D eigenvalue weighted by molar-refractivity contribution is -0.110. The molecule has 0 saturated carbocycles. The Labute approximate surface area is 159 Å². The van der Waals surface area contributed by atoms with Gasteiger partial charge in [-0.25, -0.2) is 0 Å². The van der Waals surface area contributed by atoms with Crippen LogP contribution in [0.2, 0.25) is 0 Å². The summed E-state index contributed by atoms with van der Waals surface area (Å²) < 4.78 is 21.8. The molecule has 1 heterocycles. The molecule has 0 bridgehead atoms. The fourth-order valence-corrected chi connectivity index (χ4v) is 3.68. The van der Waals surface area contributed by atoms with Crippen molar-refractivity contribution in [2.24, 2.45) is 11.8 Å². The lowest BCUT2D eigenvalue weighted by Gasteiger charge is -2.22. The number of phenols is 2. The standard InChI is InChI=1S/C21H26O6/c1-24-19-10-13(4-6-17(19)22)8-15-12-27-21(26-3)16(15)9-14-5-7-18(23)20(11-14)25-2/h4-7,10-11,15-16,21-23H,8-9,12H2,1-3H3/t15-,16+,21+/m1/s1. The number of phenolic OH excluding ortho intramolecular Hbond substituents is 2. The smallest absolute Gasteiger partial charge is 0.160 e. The first-order chi connectivity index (χ1) is 13.0. The molecule has 2 aromatic rings. The lowest BCUT2D eigenvalue weighted by Crippen LogP contribution is -2.25. The lowest BCUT2D eigenvalue weighted by atomic mass is 9.84. The Morgan fingerprint density at radius 3 is 1.96 bits per heavy atom. The van der Waals surface area contributed by atoms with Crippen molar-refractivity contribution in [1.29, 1.82) is 0 Å². The van der Waals surface area contributed by atoms with E-state index in [0.29, 0.717) is 18.1 Å². The molecule has 3 atom stereocenters. The first kappa shape index (κ1) is 19.3. The quantitative estimate of drug-likeness (QED) is 0.775. The van der Waals surface area contributed by atoms with Gasteiger partial charge in [0.05, 0.1) is 20.8 Å². The largest absolute Gasteiger partial charge is 0.504 e. The minimum atomic E-state index is -0.284. The summed E-state index contributed by atoms with van der Waals surface area (Å²) in [6.45, 7) is 0.599. The van der Waals surface area contributed by atoms with Gasteiger partial charge in [0.25, 0.3) is 0 Å². The highest BCUT2D eigenvalue weighted by Gasteiger charge is 2.37. The Balaban J connectivity index is 1.78. The number of hydrogen-bond acceptors (Lipinski definition) is 6. The Kier molecular flexibility index (Phi) is 6.08. The molecule has 1 aliphatic heterocycles. The molecule has 6 heteroatoms. The predicted octanol–water partition coefficient (Wildman–Crippen LogP) is 3.14. The van der Waals surface area contributed by atoms with Crippen LogP contribution < -0.4 is 9.47 Å². The maximum absolute atomic E-state index is 9.81. The summed E-state index contributed by atoms with van der Waals surface area (Å²) in [6, 6.07) is 10.8. The molecule has 27 heavy (non-hydrogen) atoms. The van der Waals surface area contributed by atoms with Crippen LogP contribution in [0.4, 0.5) is 0 Å². The minimum Gasteiger partial charge on any atom is -0.504 e. The van der Waals surface area contributed by atoms with E-state index in [1.165, 1.54) is 7.11 Å². The first-order valence-corrected chi connectivity index (χ1v) is 8.91. The van der Waals surface area contributed by atoms with Gasteiger partial charge in [-0.2, -0.15) is 0 Å². The number of ether oxygens (including phenoxy) is 4. The Morgan fingerprint density at radius 2 is 1.44 bits per heavy atom. The van der Waals surface area contributed by atoms with Crippen LogP contribution in [-0.4, -0.2) is 44.4 Å². The second-order valence-corrected chi connectivity index (χ2v) is 6.78. The van der Waals surface area contributed by atoms with E-state index in [4.69, 9.17) is 18.9 Å². The number of rotatable bonds is 7. The maximum Gasteiger partial charge on any atom is 0.160 e. The van der Waals surface area contributed by atoms with Gasteiger partial charge in [0.1, 0.15) is 0 Å². The van der Waals surface area contributed by atoms with Crippen molar-refractivity contribution in [2.45, 2.75) is 19.1 Å². The Morgan fingerprint density at radius 1 is 0.889 bits per heavy atom. The van der Waals surface area contributed by atoms with Crippen molar-refractivity contribution in [1.82, 2.24) is 0 Å². The summed E-state index contributed by atoms with van der Waals surface area (Å²) in [7, 11) is 4.73. The van der Waals surface area contributed by atoms with Gasteiger partial charge in [-0.05, 0) is 54.2 Å². The van der Waals surface area contributed by atoms with Crippen LogP contribution in [0.25, 0.3) is 0 Å². The van der Waals surface area contributed by atoms with E-state index in [-0.39, 0.29) is 29.6 Å². The summed E-state index contributed by atoms with van der Waals surface area (Å²) >= 11 is 0. The fraction of sp³-hybridized carbons (Fsp3) is 0.429. The van der Waals surface area contributed by atoms with Crippen LogP contribution in [0.15, 0.2) is 36.4 Å². The molecule has 0 aromatic heterocycles. The zero-order chi connectivity index (χ0) is 19.4. The second kappa shape index (κ2) is 8.50. The van der Waals surface area contributed by atoms with Gasteiger partial charge in [-0.15, -0.1) is 0 Å². The van der Waals surface area contributed by atoms with E-state index in [9.17, 15) is 10.2 Å². The van der Waals surface area contributed by atoms with Crippen LogP contribution in [0.1, 0.15) is 11.1 Å². The topological polar surface area (TPSA) is 77.4 Å². The fourth-order valence-electron chi connectivity index (χ4n) is 3.68. The molecule has 0 unspecified atom stereocenters. The van der Waals surface area contributed by atoms with Crippen LogP contribution in [0, 0.1) is 11.8 Å². The summed E-state index contributed by atoms with van der Waals surface area (Å²) in [5, 5.41) is 19.6. The van der Waals surface area contributed by atoms with Crippen molar-refractivity contribution in [3.8, 4) is 23.0 Å². The molecular weight excluding hydrogens is 348 g/mol. The van der Waals surface area contributed by atoms with Gasteiger partial charge in [0, 0.05) is 13.0 Å². The molecule has 2 aromatic carbocycles. The zero-order valence-corrected chi connectivity index (χ0v) is 15.8. The Bertz CT molecular complexity index is 775. The monoisotopic (exact) mass is 374 g/mol. The number of aromatic hydroxyl groups is 2. The van der Waals surface area contributed by atoms with Crippen LogP contribution >= 0.6 is 0 Å². The molecule has 146 valence electrons. The van der Waals surface area contributed by atoms with Gasteiger partial charge < -0.3 is 29.2 Å². The van der Waals surface area contributed by atoms with Crippen molar-refractivity contribution >= 4 is 0 Å². The molecule has 0 spiro atoms. The third-order valence-electron chi connectivity index (χ3n) is 5.12. The summed E-state index contributed by atoms with van der Waals surface area (Å²) in [5.74, 6) is 1.59. The first-order valence-electron chi connectivity index (χ1n) is 8.91. The SMILES string of the molecule is COc1cc(C[C@@H]2CO[C@H](OC)[C@H]2Cc2ccc(O)c(OC)c2)ccc1O. The molecule has 0 radical (unpaired) electrons. The molecule has 3 rings (SSSR count). The molecule has 0 aliphatic carbocycles. The highest BCUT2D eigenvalue weighted by atomic mass is 16.7. The minimum absolute atomic E-state index is 0.125. The zero-order valence-electron chi connectivity index (χ0n) is 15.8. The van der Waals surface area contributed by atoms with Crippen molar-refractivity contribution in [3.63, 3.8) is 0 Å². The molecule has 1 fully saturated rings. The van der Waals surface area contributed by atoms with E-state index in [0.717, 1.165) is 24.0 Å². The van der Waals surface area contributed by atoms with E-state index < -0.39 is 0 Å². The molecule has 1 aliphatic rings. The van der Waals surface area contributed by atoms with Gasteiger partial charge in [0.2, 0.25) is 0 Å². The van der Waals surface area contributed by atoms with Gasteiger partial charge in [0.15, 0.2) is 29.3 Å². The molecule has 6 nitrogen and oxygen atoms in total. The van der Waals surface area contributed by atoms with Crippen molar-refractivity contribution in [3.05, 3.63) is 47.5 Å². The maximum atomic E-state index is 9.81. The molecule has 2 N–H and O–H groups in total. The van der Waals surface area contributed by atoms with Gasteiger partial charge in [-0.1, -0.05) is 12.1 Å².